The van der Waals surface area contributed by atoms with Crippen molar-refractivity contribution in [3.8, 4) is 0 Å². The highest BCUT2D eigenvalue weighted by atomic mass is 16.5. The Kier molecular flexibility index (Phi) is 4.06. The molecular formula is C18H24N2O2. The Morgan fingerprint density at radius 1 is 1.27 bits per heavy atom. The summed E-state index contributed by atoms with van der Waals surface area (Å²) in [5.74, 6) is 0.171. The number of hydrogen-bond donors (Lipinski definition) is 0. The standard InChI is InChI=1S/C18H24N2O2/c1-18(2)15-6-4-5-7-16(15)19(3)17(18)12-14(21)13-20-8-10-22-11-9-20/h4-7,12H,8-11,13H2,1-3H3/b17-12+. The number of carbonyl (C=O) groups is 1. The van der Waals surface area contributed by atoms with Gasteiger partial charge in [0.05, 0.1) is 19.8 Å². The van der Waals surface area contributed by atoms with Crippen LogP contribution in [0.1, 0.15) is 19.4 Å². The van der Waals surface area contributed by atoms with E-state index in [4.69, 9.17) is 4.74 Å². The zero-order valence-electron chi connectivity index (χ0n) is 13.6. The summed E-state index contributed by atoms with van der Waals surface area (Å²) < 4.78 is 5.33. The summed E-state index contributed by atoms with van der Waals surface area (Å²) in [5.41, 5.74) is 3.42. The molecule has 2 aliphatic rings. The third kappa shape index (κ3) is 2.69. The molecule has 1 aromatic carbocycles. The molecule has 4 heteroatoms. The largest absolute Gasteiger partial charge is 0.379 e. The normalized spacial score (nSPS) is 22.9. The van der Waals surface area contributed by atoms with E-state index in [9.17, 15) is 4.79 Å². The molecule has 1 aromatic rings. The zero-order chi connectivity index (χ0) is 15.7. The van der Waals surface area contributed by atoms with E-state index in [1.807, 2.05) is 19.2 Å². The van der Waals surface area contributed by atoms with Gasteiger partial charge in [0, 0.05) is 43.0 Å². The summed E-state index contributed by atoms with van der Waals surface area (Å²) in [6.45, 7) is 7.98. The van der Waals surface area contributed by atoms with E-state index in [2.05, 4.69) is 41.8 Å². The molecule has 1 fully saturated rings. The van der Waals surface area contributed by atoms with Crippen molar-refractivity contribution in [2.24, 2.45) is 0 Å². The Hall–Kier alpha value is -1.65. The van der Waals surface area contributed by atoms with Crippen LogP contribution in [0.4, 0.5) is 5.69 Å². The molecule has 2 aliphatic heterocycles. The third-order valence-electron chi connectivity index (χ3n) is 4.72. The molecule has 0 spiro atoms. The maximum absolute atomic E-state index is 12.5. The van der Waals surface area contributed by atoms with Gasteiger partial charge in [-0.15, -0.1) is 0 Å². The topological polar surface area (TPSA) is 32.8 Å². The van der Waals surface area contributed by atoms with Crippen LogP contribution in [0.15, 0.2) is 36.0 Å². The molecule has 0 aromatic heterocycles. The van der Waals surface area contributed by atoms with Gasteiger partial charge in [-0.25, -0.2) is 0 Å². The number of ketones is 1. The van der Waals surface area contributed by atoms with E-state index in [1.165, 1.54) is 11.3 Å². The molecule has 0 radical (unpaired) electrons. The minimum absolute atomic E-state index is 0.133. The smallest absolute Gasteiger partial charge is 0.171 e. The molecule has 22 heavy (non-hydrogen) atoms. The maximum Gasteiger partial charge on any atom is 0.171 e. The molecule has 118 valence electrons. The van der Waals surface area contributed by atoms with E-state index in [0.29, 0.717) is 6.54 Å². The summed E-state index contributed by atoms with van der Waals surface area (Å²) in [5, 5.41) is 0. The van der Waals surface area contributed by atoms with Crippen LogP contribution < -0.4 is 4.90 Å². The van der Waals surface area contributed by atoms with E-state index in [1.54, 1.807) is 0 Å². The average molecular weight is 300 g/mol. The van der Waals surface area contributed by atoms with Crippen molar-refractivity contribution in [1.29, 1.82) is 0 Å². The highest BCUT2D eigenvalue weighted by Gasteiger charge is 2.38. The van der Waals surface area contributed by atoms with Gasteiger partial charge < -0.3 is 9.64 Å². The van der Waals surface area contributed by atoms with Crippen molar-refractivity contribution in [2.75, 3.05) is 44.8 Å². The fourth-order valence-electron chi connectivity index (χ4n) is 3.44. The number of nitrogens with zero attached hydrogens (tertiary/aromatic N) is 2. The maximum atomic E-state index is 12.5. The van der Waals surface area contributed by atoms with Crippen LogP contribution in [0.3, 0.4) is 0 Å². The van der Waals surface area contributed by atoms with E-state index in [0.717, 1.165) is 32.0 Å². The number of allylic oxidation sites excluding steroid dienone is 1. The van der Waals surface area contributed by atoms with Crippen LogP contribution in [-0.4, -0.2) is 50.6 Å². The first kappa shape index (κ1) is 15.3. The van der Waals surface area contributed by atoms with Crippen LogP contribution in [0.5, 0.6) is 0 Å². The van der Waals surface area contributed by atoms with Crippen molar-refractivity contribution in [2.45, 2.75) is 19.3 Å². The summed E-state index contributed by atoms with van der Waals surface area (Å²) in [4.78, 5) is 16.8. The quantitative estimate of drug-likeness (QED) is 0.801. The monoisotopic (exact) mass is 300 g/mol. The Labute approximate surface area is 132 Å². The zero-order valence-corrected chi connectivity index (χ0v) is 13.6. The van der Waals surface area contributed by atoms with Crippen molar-refractivity contribution < 1.29 is 9.53 Å². The number of ether oxygens (including phenoxy) is 1. The first-order valence-electron chi connectivity index (χ1n) is 7.88. The van der Waals surface area contributed by atoms with Gasteiger partial charge in [-0.2, -0.15) is 0 Å². The molecule has 3 rings (SSSR count). The molecule has 4 nitrogen and oxygen atoms in total. The second-order valence-corrected chi connectivity index (χ2v) is 6.59. The highest BCUT2D eigenvalue weighted by Crippen LogP contribution is 2.46. The third-order valence-corrected chi connectivity index (χ3v) is 4.72. The van der Waals surface area contributed by atoms with Gasteiger partial charge in [0.2, 0.25) is 0 Å². The van der Waals surface area contributed by atoms with Gasteiger partial charge in [-0.3, -0.25) is 9.69 Å². The second kappa shape index (κ2) is 5.86. The summed E-state index contributed by atoms with van der Waals surface area (Å²) in [7, 11) is 2.04. The Morgan fingerprint density at radius 2 is 1.95 bits per heavy atom. The van der Waals surface area contributed by atoms with Gasteiger partial charge >= 0.3 is 0 Å². The predicted molar refractivity (Wildman–Crippen MR) is 88.2 cm³/mol. The molecular weight excluding hydrogens is 276 g/mol. The van der Waals surface area contributed by atoms with Crippen LogP contribution in [0.25, 0.3) is 0 Å². The lowest BCUT2D eigenvalue weighted by molar-refractivity contribution is -0.116. The van der Waals surface area contributed by atoms with Gasteiger partial charge in [-0.1, -0.05) is 32.0 Å². The van der Waals surface area contributed by atoms with Crippen molar-refractivity contribution in [3.05, 3.63) is 41.6 Å². The molecule has 0 bridgehead atoms. The number of morpholine rings is 1. The molecule has 0 saturated carbocycles. The minimum Gasteiger partial charge on any atom is -0.379 e. The molecule has 0 amide bonds. The first-order valence-corrected chi connectivity index (χ1v) is 7.88. The SMILES string of the molecule is CN1/C(=C/C(=O)CN2CCOCC2)C(C)(C)c2ccccc21. The lowest BCUT2D eigenvalue weighted by Crippen LogP contribution is -2.39. The van der Waals surface area contributed by atoms with E-state index >= 15 is 0 Å². The molecule has 0 unspecified atom stereocenters. The van der Waals surface area contributed by atoms with Crippen LogP contribution >= 0.6 is 0 Å². The lowest BCUT2D eigenvalue weighted by Gasteiger charge is -2.27. The molecule has 0 N–H and O–H groups in total. The summed E-state index contributed by atoms with van der Waals surface area (Å²) in [6, 6.07) is 8.38. The number of rotatable bonds is 3. The number of benzene rings is 1. The number of carbonyl (C=O) groups excluding carboxylic acids is 1. The lowest BCUT2D eigenvalue weighted by atomic mass is 9.83. The second-order valence-electron chi connectivity index (χ2n) is 6.59. The Bertz CT molecular complexity index is 601. The molecule has 0 aliphatic carbocycles. The Balaban J connectivity index is 1.80. The predicted octanol–water partition coefficient (Wildman–Crippen LogP) is 2.20. The highest BCUT2D eigenvalue weighted by molar-refractivity contribution is 5.94. The summed E-state index contributed by atoms with van der Waals surface area (Å²) >= 11 is 0. The number of fused-ring (bicyclic) bond motifs is 1. The number of hydrogen-bond acceptors (Lipinski definition) is 4. The Morgan fingerprint density at radius 3 is 2.64 bits per heavy atom. The van der Waals surface area contributed by atoms with Gasteiger partial charge in [0.15, 0.2) is 5.78 Å². The van der Waals surface area contributed by atoms with Crippen molar-refractivity contribution >= 4 is 11.5 Å². The fraction of sp³-hybridized carbons (Fsp3) is 0.500. The number of anilines is 1. The first-order chi connectivity index (χ1) is 10.5. The molecule has 1 saturated heterocycles. The molecule has 2 heterocycles. The van der Waals surface area contributed by atoms with Crippen LogP contribution in [0, 0.1) is 0 Å². The number of likely N-dealkylation sites (N-methyl/N-ethyl adjacent to an activating group) is 1. The van der Waals surface area contributed by atoms with Crippen molar-refractivity contribution in [1.82, 2.24) is 4.90 Å². The van der Waals surface area contributed by atoms with Crippen LogP contribution in [0.2, 0.25) is 0 Å². The van der Waals surface area contributed by atoms with Crippen molar-refractivity contribution in [3.63, 3.8) is 0 Å². The van der Waals surface area contributed by atoms with Gasteiger partial charge in [0.25, 0.3) is 0 Å². The van der Waals surface area contributed by atoms with E-state index in [-0.39, 0.29) is 11.2 Å². The van der Waals surface area contributed by atoms with Crippen LogP contribution in [-0.2, 0) is 14.9 Å². The van der Waals surface area contributed by atoms with Gasteiger partial charge in [0.1, 0.15) is 0 Å². The summed E-state index contributed by atoms with van der Waals surface area (Å²) in [6.07, 6.45) is 1.83. The minimum atomic E-state index is -0.133. The number of para-hydroxylation sites is 1. The average Bonchev–Trinajstić information content (AvgIpc) is 2.70. The molecule has 0 atom stereocenters. The van der Waals surface area contributed by atoms with Gasteiger partial charge in [-0.05, 0) is 11.6 Å². The fourth-order valence-corrected chi connectivity index (χ4v) is 3.44. The van der Waals surface area contributed by atoms with E-state index < -0.39 is 0 Å².